The Morgan fingerprint density at radius 2 is 1.86 bits per heavy atom. The van der Waals surface area contributed by atoms with Crippen molar-refractivity contribution in [1.82, 2.24) is 0 Å². The maximum absolute atomic E-state index is 12.2. The molecule has 2 aromatic carbocycles. The maximum atomic E-state index is 12.2. The number of carbonyl (C=O) groups is 2. The van der Waals surface area contributed by atoms with Crippen LogP contribution in [0.15, 0.2) is 42.5 Å². The number of amides is 1. The molecule has 2 rings (SSSR count). The van der Waals surface area contributed by atoms with E-state index in [1.54, 1.807) is 31.1 Å². The van der Waals surface area contributed by atoms with Crippen LogP contribution >= 0.6 is 0 Å². The van der Waals surface area contributed by atoms with Gasteiger partial charge in [0.25, 0.3) is 11.6 Å². The molecule has 28 heavy (non-hydrogen) atoms. The highest BCUT2D eigenvalue weighted by Gasteiger charge is 2.20. The van der Waals surface area contributed by atoms with Gasteiger partial charge in [-0.15, -0.1) is 0 Å². The van der Waals surface area contributed by atoms with Gasteiger partial charge in [0.05, 0.1) is 10.5 Å². The largest absolute Gasteiger partial charge is 0.452 e. The Morgan fingerprint density at radius 3 is 2.46 bits per heavy atom. The lowest BCUT2D eigenvalue weighted by Gasteiger charge is -2.14. The average Bonchev–Trinajstić information content (AvgIpc) is 2.65. The first-order valence-corrected chi connectivity index (χ1v) is 8.72. The van der Waals surface area contributed by atoms with E-state index in [0.29, 0.717) is 11.4 Å². The molecule has 8 nitrogen and oxygen atoms in total. The summed E-state index contributed by atoms with van der Waals surface area (Å²) in [4.78, 5) is 36.6. The number of ether oxygens (including phenoxy) is 1. The summed E-state index contributed by atoms with van der Waals surface area (Å²) < 4.78 is 5.01. The normalized spacial score (nSPS) is 10.5. The monoisotopic (exact) mass is 385 g/mol. The minimum absolute atomic E-state index is 0.00711. The van der Waals surface area contributed by atoms with E-state index in [4.69, 9.17) is 4.74 Å². The molecule has 0 aliphatic heterocycles. The molecule has 0 bridgehead atoms. The van der Waals surface area contributed by atoms with Crippen molar-refractivity contribution < 1.29 is 19.2 Å². The van der Waals surface area contributed by atoms with Gasteiger partial charge in [-0.2, -0.15) is 0 Å². The predicted molar refractivity (Wildman–Crippen MR) is 107 cm³/mol. The van der Waals surface area contributed by atoms with Crippen molar-refractivity contribution in [3.05, 3.63) is 63.7 Å². The molecule has 0 aliphatic rings. The number of hydrogen-bond acceptors (Lipinski definition) is 6. The van der Waals surface area contributed by atoms with Crippen LogP contribution in [0.5, 0.6) is 0 Å². The van der Waals surface area contributed by atoms with Crippen LogP contribution in [-0.4, -0.2) is 37.5 Å². The molecule has 0 radical (unpaired) electrons. The number of nitro benzene ring substituents is 1. The van der Waals surface area contributed by atoms with E-state index in [2.05, 4.69) is 5.32 Å². The Kier molecular flexibility index (Phi) is 6.70. The van der Waals surface area contributed by atoms with E-state index in [9.17, 15) is 19.7 Å². The van der Waals surface area contributed by atoms with Crippen molar-refractivity contribution >= 4 is 28.9 Å². The summed E-state index contributed by atoms with van der Waals surface area (Å²) in [6.45, 7) is 3.53. The smallest absolute Gasteiger partial charge is 0.338 e. The van der Waals surface area contributed by atoms with E-state index in [1.807, 2.05) is 26.0 Å². The SMILES string of the molecule is CC(C)c1ccccc1NC(=O)COC(=O)c1ccc(N(C)C)c([N+](=O)[O-])c1. The lowest BCUT2D eigenvalue weighted by atomic mass is 10.0. The maximum Gasteiger partial charge on any atom is 0.338 e. The summed E-state index contributed by atoms with van der Waals surface area (Å²) in [7, 11) is 3.33. The highest BCUT2D eigenvalue weighted by molar-refractivity contribution is 5.96. The molecule has 0 atom stereocenters. The standard InChI is InChI=1S/C20H23N3O5/c1-13(2)15-7-5-6-8-16(15)21-19(24)12-28-20(25)14-9-10-17(22(3)4)18(11-14)23(26)27/h5-11,13H,12H2,1-4H3,(H,21,24). The number of anilines is 2. The minimum atomic E-state index is -0.805. The first-order chi connectivity index (χ1) is 13.2. The fourth-order valence-corrected chi connectivity index (χ4v) is 2.69. The molecule has 0 spiro atoms. The number of nitrogens with one attached hydrogen (secondary N) is 1. The fourth-order valence-electron chi connectivity index (χ4n) is 2.69. The second-order valence-corrected chi connectivity index (χ2v) is 6.72. The van der Waals surface area contributed by atoms with Gasteiger partial charge in [0.15, 0.2) is 6.61 Å². The summed E-state index contributed by atoms with van der Waals surface area (Å²) in [5.74, 6) is -1.07. The van der Waals surface area contributed by atoms with Gasteiger partial charge in [-0.3, -0.25) is 14.9 Å². The summed E-state index contributed by atoms with van der Waals surface area (Å²) in [6.07, 6.45) is 0. The second kappa shape index (κ2) is 8.98. The fraction of sp³-hybridized carbons (Fsp3) is 0.300. The molecule has 1 N–H and O–H groups in total. The van der Waals surface area contributed by atoms with Crippen molar-refractivity contribution in [3.63, 3.8) is 0 Å². The summed E-state index contributed by atoms with van der Waals surface area (Å²) >= 11 is 0. The van der Waals surface area contributed by atoms with Crippen LogP contribution in [0.3, 0.4) is 0 Å². The Labute approximate surface area is 163 Å². The Bertz CT molecular complexity index is 893. The topological polar surface area (TPSA) is 102 Å². The van der Waals surface area contributed by atoms with Gasteiger partial charge < -0.3 is 15.0 Å². The number of esters is 1. The zero-order valence-electron chi connectivity index (χ0n) is 16.3. The third-order valence-electron chi connectivity index (χ3n) is 4.08. The lowest BCUT2D eigenvalue weighted by molar-refractivity contribution is -0.384. The second-order valence-electron chi connectivity index (χ2n) is 6.72. The number of hydrogen-bond donors (Lipinski definition) is 1. The third-order valence-corrected chi connectivity index (χ3v) is 4.08. The van der Waals surface area contributed by atoms with Gasteiger partial charge in [0.1, 0.15) is 5.69 Å². The predicted octanol–water partition coefficient (Wildman–Crippen LogP) is 3.58. The van der Waals surface area contributed by atoms with Crippen molar-refractivity contribution in [2.24, 2.45) is 0 Å². The first kappa shape index (κ1) is 20.9. The molecule has 2 aromatic rings. The van der Waals surface area contributed by atoms with E-state index < -0.39 is 23.4 Å². The third kappa shape index (κ3) is 5.06. The van der Waals surface area contributed by atoms with Crippen molar-refractivity contribution in [3.8, 4) is 0 Å². The molecule has 148 valence electrons. The van der Waals surface area contributed by atoms with Crippen LogP contribution in [0.4, 0.5) is 17.1 Å². The van der Waals surface area contributed by atoms with Gasteiger partial charge in [-0.05, 0) is 29.7 Å². The van der Waals surface area contributed by atoms with Gasteiger partial charge in [-0.1, -0.05) is 32.0 Å². The van der Waals surface area contributed by atoms with Gasteiger partial charge in [-0.25, -0.2) is 4.79 Å². The zero-order chi connectivity index (χ0) is 20.8. The number of nitrogens with zero attached hydrogens (tertiary/aromatic N) is 2. The summed E-state index contributed by atoms with van der Waals surface area (Å²) in [5.41, 5.74) is 1.79. The van der Waals surface area contributed by atoms with Crippen molar-refractivity contribution in [1.29, 1.82) is 0 Å². The van der Waals surface area contributed by atoms with Crippen LogP contribution in [0.2, 0.25) is 0 Å². The molecule has 1 amide bonds. The lowest BCUT2D eigenvalue weighted by Crippen LogP contribution is -2.22. The molecule has 0 fully saturated rings. The highest BCUT2D eigenvalue weighted by Crippen LogP contribution is 2.28. The molecule has 0 saturated heterocycles. The molecule has 8 heteroatoms. The molecular formula is C20H23N3O5. The number of carbonyl (C=O) groups excluding carboxylic acids is 2. The Morgan fingerprint density at radius 1 is 1.18 bits per heavy atom. The van der Waals surface area contributed by atoms with Crippen LogP contribution in [0, 0.1) is 10.1 Å². The van der Waals surface area contributed by atoms with Crippen molar-refractivity contribution in [2.75, 3.05) is 30.9 Å². The van der Waals surface area contributed by atoms with Crippen LogP contribution in [0.25, 0.3) is 0 Å². The zero-order valence-corrected chi connectivity index (χ0v) is 16.3. The van der Waals surface area contributed by atoms with Gasteiger partial charge in [0, 0.05) is 25.8 Å². The van der Waals surface area contributed by atoms with E-state index in [-0.39, 0.29) is 17.2 Å². The van der Waals surface area contributed by atoms with Gasteiger partial charge in [0.2, 0.25) is 0 Å². The Hall–Kier alpha value is -3.42. The van der Waals surface area contributed by atoms with Gasteiger partial charge >= 0.3 is 5.97 Å². The minimum Gasteiger partial charge on any atom is -0.452 e. The highest BCUT2D eigenvalue weighted by atomic mass is 16.6. The van der Waals surface area contributed by atoms with E-state index in [1.165, 1.54) is 12.1 Å². The average molecular weight is 385 g/mol. The number of nitro groups is 1. The van der Waals surface area contributed by atoms with E-state index >= 15 is 0 Å². The summed E-state index contributed by atoms with van der Waals surface area (Å²) in [5, 5.41) is 13.9. The number of para-hydroxylation sites is 1. The van der Waals surface area contributed by atoms with Crippen LogP contribution in [0.1, 0.15) is 35.7 Å². The molecule has 0 saturated carbocycles. The molecule has 0 unspecified atom stereocenters. The molecule has 0 heterocycles. The van der Waals surface area contributed by atoms with Crippen LogP contribution < -0.4 is 10.2 Å². The first-order valence-electron chi connectivity index (χ1n) is 8.72. The summed E-state index contributed by atoms with van der Waals surface area (Å²) in [6, 6.07) is 11.4. The number of benzene rings is 2. The Balaban J connectivity index is 2.05. The van der Waals surface area contributed by atoms with Crippen LogP contribution in [-0.2, 0) is 9.53 Å². The number of rotatable bonds is 7. The molecule has 0 aliphatic carbocycles. The van der Waals surface area contributed by atoms with E-state index in [0.717, 1.165) is 11.6 Å². The molecular weight excluding hydrogens is 362 g/mol. The van der Waals surface area contributed by atoms with Crippen molar-refractivity contribution in [2.45, 2.75) is 19.8 Å². The molecule has 0 aromatic heterocycles. The quantitative estimate of drug-likeness (QED) is 0.444.